The Morgan fingerprint density at radius 1 is 1.50 bits per heavy atom. The molecule has 18 heavy (non-hydrogen) atoms. The molecule has 1 heterocycles. The number of thiazole rings is 1. The molecule has 0 spiro atoms. The Kier molecular flexibility index (Phi) is 4.14. The van der Waals surface area contributed by atoms with E-state index in [1.807, 2.05) is 38.1 Å². The topological polar surface area (TPSA) is 42.0 Å². The minimum atomic E-state index is -0.202. The van der Waals surface area contributed by atoms with Crippen LogP contribution in [0.25, 0.3) is 0 Å². The third-order valence-electron chi connectivity index (χ3n) is 2.59. The van der Waals surface area contributed by atoms with Crippen molar-refractivity contribution in [2.45, 2.75) is 19.8 Å². The molecule has 0 aliphatic carbocycles. The molecule has 2 aromatic rings. The van der Waals surface area contributed by atoms with E-state index in [4.69, 9.17) is 0 Å². The van der Waals surface area contributed by atoms with Gasteiger partial charge in [0.2, 0.25) is 5.91 Å². The highest BCUT2D eigenvalue weighted by Crippen LogP contribution is 2.23. The minimum Gasteiger partial charge on any atom is -0.301 e. The second-order valence-corrected chi connectivity index (χ2v) is 6.19. The lowest BCUT2D eigenvalue weighted by atomic mass is 10.0. The van der Waals surface area contributed by atoms with Gasteiger partial charge in [-0.15, -0.1) is 11.3 Å². The maximum absolute atomic E-state index is 12.1. The van der Waals surface area contributed by atoms with Gasteiger partial charge < -0.3 is 5.32 Å². The molecule has 1 N–H and O–H groups in total. The van der Waals surface area contributed by atoms with Gasteiger partial charge in [0, 0.05) is 15.5 Å². The van der Waals surface area contributed by atoms with Gasteiger partial charge >= 0.3 is 0 Å². The second kappa shape index (κ2) is 5.63. The first kappa shape index (κ1) is 13.2. The van der Waals surface area contributed by atoms with E-state index in [0.29, 0.717) is 5.13 Å². The first-order valence-corrected chi connectivity index (χ1v) is 7.16. The Morgan fingerprint density at radius 3 is 2.89 bits per heavy atom. The number of benzene rings is 1. The standard InChI is InChI=1S/C13H13BrN2OS/c1-8-7-15-13(18-8)16-12(17)9(2)10-4-3-5-11(14)6-10/h3-7,9H,1-2H3,(H,15,16,17). The fourth-order valence-corrected chi connectivity index (χ4v) is 2.64. The van der Waals surface area contributed by atoms with E-state index in [2.05, 4.69) is 26.2 Å². The summed E-state index contributed by atoms with van der Waals surface area (Å²) >= 11 is 4.89. The molecule has 94 valence electrons. The van der Waals surface area contributed by atoms with Crippen LogP contribution < -0.4 is 5.32 Å². The summed E-state index contributed by atoms with van der Waals surface area (Å²) < 4.78 is 0.977. The lowest BCUT2D eigenvalue weighted by molar-refractivity contribution is -0.117. The molecule has 1 atom stereocenters. The molecule has 0 aliphatic rings. The number of carbonyl (C=O) groups excluding carboxylic acids is 1. The first-order chi connectivity index (χ1) is 8.56. The van der Waals surface area contributed by atoms with Gasteiger partial charge in [0.15, 0.2) is 5.13 Å². The zero-order valence-electron chi connectivity index (χ0n) is 10.1. The van der Waals surface area contributed by atoms with Crippen molar-refractivity contribution in [2.24, 2.45) is 0 Å². The Bertz CT molecular complexity index is 568. The predicted molar refractivity (Wildman–Crippen MR) is 78.0 cm³/mol. The van der Waals surface area contributed by atoms with Crippen molar-refractivity contribution in [3.05, 3.63) is 45.4 Å². The SMILES string of the molecule is Cc1cnc(NC(=O)C(C)c2cccc(Br)c2)s1. The summed E-state index contributed by atoms with van der Waals surface area (Å²) in [5.74, 6) is -0.242. The first-order valence-electron chi connectivity index (χ1n) is 5.55. The molecule has 1 aromatic heterocycles. The smallest absolute Gasteiger partial charge is 0.233 e. The summed E-state index contributed by atoms with van der Waals surface area (Å²) in [6.07, 6.45) is 1.75. The summed E-state index contributed by atoms with van der Waals surface area (Å²) in [4.78, 5) is 17.3. The zero-order valence-corrected chi connectivity index (χ0v) is 12.5. The van der Waals surface area contributed by atoms with Crippen LogP contribution in [0, 0.1) is 6.92 Å². The number of carbonyl (C=O) groups is 1. The third kappa shape index (κ3) is 3.17. The van der Waals surface area contributed by atoms with Crippen molar-refractivity contribution >= 4 is 38.3 Å². The Labute approximate surface area is 118 Å². The average Bonchev–Trinajstić information content (AvgIpc) is 2.73. The summed E-state index contributed by atoms with van der Waals surface area (Å²) in [5, 5.41) is 3.49. The molecular weight excluding hydrogens is 312 g/mol. The van der Waals surface area contributed by atoms with Crippen molar-refractivity contribution in [1.29, 1.82) is 0 Å². The highest BCUT2D eigenvalue weighted by Gasteiger charge is 2.16. The average molecular weight is 325 g/mol. The summed E-state index contributed by atoms with van der Waals surface area (Å²) in [6.45, 7) is 3.85. The molecule has 1 unspecified atom stereocenters. The number of aromatic nitrogens is 1. The van der Waals surface area contributed by atoms with E-state index in [0.717, 1.165) is 14.9 Å². The molecule has 1 amide bonds. The number of nitrogens with one attached hydrogen (secondary N) is 1. The van der Waals surface area contributed by atoms with Crippen LogP contribution in [0.5, 0.6) is 0 Å². The highest BCUT2D eigenvalue weighted by atomic mass is 79.9. The van der Waals surface area contributed by atoms with Crippen molar-refractivity contribution in [2.75, 3.05) is 5.32 Å². The molecule has 3 nitrogen and oxygen atoms in total. The largest absolute Gasteiger partial charge is 0.301 e. The Morgan fingerprint density at radius 2 is 2.28 bits per heavy atom. The van der Waals surface area contributed by atoms with Crippen LogP contribution in [0.2, 0.25) is 0 Å². The molecule has 0 fully saturated rings. The summed E-state index contributed by atoms with van der Waals surface area (Å²) in [7, 11) is 0. The molecule has 0 aliphatic heterocycles. The third-order valence-corrected chi connectivity index (χ3v) is 3.91. The molecule has 0 saturated carbocycles. The van der Waals surface area contributed by atoms with Gasteiger partial charge in [-0.05, 0) is 31.5 Å². The fourth-order valence-electron chi connectivity index (χ4n) is 1.55. The normalized spacial score (nSPS) is 12.2. The van der Waals surface area contributed by atoms with Crippen molar-refractivity contribution in [1.82, 2.24) is 4.98 Å². The highest BCUT2D eigenvalue weighted by molar-refractivity contribution is 9.10. The van der Waals surface area contributed by atoms with E-state index in [1.54, 1.807) is 6.20 Å². The number of halogens is 1. The monoisotopic (exact) mass is 324 g/mol. The lowest BCUT2D eigenvalue weighted by Crippen LogP contribution is -2.18. The van der Waals surface area contributed by atoms with Crippen LogP contribution in [0.3, 0.4) is 0 Å². The van der Waals surface area contributed by atoms with Gasteiger partial charge in [0.1, 0.15) is 0 Å². The van der Waals surface area contributed by atoms with Crippen LogP contribution in [0.1, 0.15) is 23.3 Å². The molecule has 1 aromatic carbocycles. The Hall–Kier alpha value is -1.20. The van der Waals surface area contributed by atoms with E-state index in [9.17, 15) is 4.79 Å². The molecule has 5 heteroatoms. The van der Waals surface area contributed by atoms with Crippen molar-refractivity contribution in [3.8, 4) is 0 Å². The summed E-state index contributed by atoms with van der Waals surface area (Å²) in [5.41, 5.74) is 0.982. The van der Waals surface area contributed by atoms with Gasteiger partial charge in [-0.25, -0.2) is 4.98 Å². The lowest BCUT2D eigenvalue weighted by Gasteiger charge is -2.11. The zero-order chi connectivity index (χ0) is 13.1. The van der Waals surface area contributed by atoms with Crippen LogP contribution >= 0.6 is 27.3 Å². The quantitative estimate of drug-likeness (QED) is 0.928. The van der Waals surface area contributed by atoms with Crippen molar-refractivity contribution < 1.29 is 4.79 Å². The second-order valence-electron chi connectivity index (χ2n) is 4.04. The fraction of sp³-hybridized carbons (Fsp3) is 0.231. The molecule has 0 saturated heterocycles. The van der Waals surface area contributed by atoms with Crippen LogP contribution in [0.15, 0.2) is 34.9 Å². The maximum atomic E-state index is 12.1. The number of aryl methyl sites for hydroxylation is 1. The van der Waals surface area contributed by atoms with E-state index in [1.165, 1.54) is 11.3 Å². The van der Waals surface area contributed by atoms with E-state index >= 15 is 0 Å². The molecule has 0 bridgehead atoms. The number of amides is 1. The van der Waals surface area contributed by atoms with Crippen LogP contribution in [0.4, 0.5) is 5.13 Å². The number of nitrogens with zero attached hydrogens (tertiary/aromatic N) is 1. The number of hydrogen-bond acceptors (Lipinski definition) is 3. The molecule has 0 radical (unpaired) electrons. The number of anilines is 1. The van der Waals surface area contributed by atoms with Gasteiger partial charge in [0.25, 0.3) is 0 Å². The van der Waals surface area contributed by atoms with Crippen LogP contribution in [-0.2, 0) is 4.79 Å². The van der Waals surface area contributed by atoms with E-state index in [-0.39, 0.29) is 11.8 Å². The minimum absolute atomic E-state index is 0.0394. The van der Waals surface area contributed by atoms with Gasteiger partial charge in [-0.3, -0.25) is 4.79 Å². The van der Waals surface area contributed by atoms with Gasteiger partial charge in [-0.2, -0.15) is 0 Å². The predicted octanol–water partition coefficient (Wildman–Crippen LogP) is 3.96. The maximum Gasteiger partial charge on any atom is 0.233 e. The molecular formula is C13H13BrN2OS. The van der Waals surface area contributed by atoms with E-state index < -0.39 is 0 Å². The van der Waals surface area contributed by atoms with Gasteiger partial charge in [-0.1, -0.05) is 28.1 Å². The van der Waals surface area contributed by atoms with Gasteiger partial charge in [0.05, 0.1) is 5.92 Å². The number of rotatable bonds is 3. The Balaban J connectivity index is 2.09. The number of hydrogen-bond donors (Lipinski definition) is 1. The summed E-state index contributed by atoms with van der Waals surface area (Å²) in [6, 6.07) is 7.77. The van der Waals surface area contributed by atoms with Crippen molar-refractivity contribution in [3.63, 3.8) is 0 Å². The van der Waals surface area contributed by atoms with Crippen LogP contribution in [-0.4, -0.2) is 10.9 Å². The molecule has 2 rings (SSSR count).